The van der Waals surface area contributed by atoms with Crippen molar-refractivity contribution in [1.82, 2.24) is 19.7 Å². The quantitative estimate of drug-likeness (QED) is 0.477. The van der Waals surface area contributed by atoms with Crippen LogP contribution in [0.1, 0.15) is 17.4 Å². The number of rotatable bonds is 4. The number of aryl methyl sites for hydroxylation is 1. The number of nitrogens with zero attached hydrogens (tertiary/aromatic N) is 4. The first-order valence-electron chi connectivity index (χ1n) is 8.74. The Labute approximate surface area is 171 Å². The molecule has 4 aromatic rings. The Kier molecular flexibility index (Phi) is 4.87. The molecule has 9 heteroatoms. The number of hydrogen-bond donors (Lipinski definition) is 3. The van der Waals surface area contributed by atoms with Crippen LogP contribution >= 0.6 is 11.6 Å². The maximum atomic E-state index is 12.3. The van der Waals surface area contributed by atoms with Gasteiger partial charge in [-0.25, -0.2) is 14.6 Å². The van der Waals surface area contributed by atoms with E-state index in [1.165, 1.54) is 6.33 Å². The molecule has 4 rings (SSSR count). The lowest BCUT2D eigenvalue weighted by atomic mass is 10.1. The first-order valence-corrected chi connectivity index (χ1v) is 9.12. The van der Waals surface area contributed by atoms with Crippen molar-refractivity contribution in [3.05, 3.63) is 71.1 Å². The minimum Gasteiger partial charge on any atom is -0.382 e. The summed E-state index contributed by atoms with van der Waals surface area (Å²) < 4.78 is 1.66. The zero-order valence-electron chi connectivity index (χ0n) is 15.4. The highest BCUT2D eigenvalue weighted by molar-refractivity contribution is 6.30. The lowest BCUT2D eigenvalue weighted by Gasteiger charge is -2.12. The van der Waals surface area contributed by atoms with Gasteiger partial charge in [0.15, 0.2) is 11.9 Å². The number of aromatic nitrogens is 4. The van der Waals surface area contributed by atoms with E-state index in [1.807, 2.05) is 6.92 Å². The molecular formula is C20H17ClN6O2. The van der Waals surface area contributed by atoms with E-state index in [0.29, 0.717) is 33.1 Å². The van der Waals surface area contributed by atoms with Crippen LogP contribution in [0.5, 0.6) is 0 Å². The summed E-state index contributed by atoms with van der Waals surface area (Å²) in [6, 6.07) is 13.5. The number of halogens is 1. The van der Waals surface area contributed by atoms with E-state index in [4.69, 9.17) is 17.3 Å². The zero-order valence-corrected chi connectivity index (χ0v) is 16.1. The fraction of sp³-hybridized carbons (Fsp3) is 0.100. The summed E-state index contributed by atoms with van der Waals surface area (Å²) in [7, 11) is 0. The second-order valence-electron chi connectivity index (χ2n) is 6.45. The number of carbonyl (C=O) groups is 1. The molecule has 0 radical (unpaired) electrons. The van der Waals surface area contributed by atoms with Gasteiger partial charge in [0.1, 0.15) is 17.4 Å². The predicted molar refractivity (Wildman–Crippen MR) is 111 cm³/mol. The van der Waals surface area contributed by atoms with Gasteiger partial charge < -0.3 is 16.2 Å². The van der Waals surface area contributed by atoms with Crippen molar-refractivity contribution in [2.24, 2.45) is 0 Å². The van der Waals surface area contributed by atoms with E-state index >= 15 is 0 Å². The Morgan fingerprint density at radius 1 is 1.21 bits per heavy atom. The van der Waals surface area contributed by atoms with E-state index in [1.54, 1.807) is 53.2 Å². The summed E-state index contributed by atoms with van der Waals surface area (Å²) >= 11 is 5.91. The van der Waals surface area contributed by atoms with Crippen LogP contribution in [0.15, 0.2) is 54.9 Å². The van der Waals surface area contributed by atoms with Gasteiger partial charge in [-0.1, -0.05) is 23.7 Å². The molecule has 8 nitrogen and oxygen atoms in total. The SMILES string of the molecule is Cc1nn(-c2ccc(NC(=O)[C@H](O)c3cccc(Cl)c3)cc2)c2c(N)ncnc12. The number of aliphatic hydroxyl groups excluding tert-OH is 1. The molecule has 0 saturated carbocycles. The van der Waals surface area contributed by atoms with Gasteiger partial charge in [-0.3, -0.25) is 4.79 Å². The Bertz CT molecular complexity index is 1210. The average Bonchev–Trinajstić information content (AvgIpc) is 3.06. The normalized spacial score (nSPS) is 12.1. The zero-order chi connectivity index (χ0) is 20.5. The Morgan fingerprint density at radius 3 is 2.69 bits per heavy atom. The van der Waals surface area contributed by atoms with Crippen molar-refractivity contribution >= 4 is 40.0 Å². The molecule has 29 heavy (non-hydrogen) atoms. The number of amides is 1. The molecule has 0 fully saturated rings. The van der Waals surface area contributed by atoms with Crippen molar-refractivity contribution < 1.29 is 9.90 Å². The lowest BCUT2D eigenvalue weighted by Crippen LogP contribution is -2.20. The molecular weight excluding hydrogens is 392 g/mol. The van der Waals surface area contributed by atoms with Crippen LogP contribution in [0.2, 0.25) is 5.02 Å². The largest absolute Gasteiger partial charge is 0.382 e. The molecule has 0 bridgehead atoms. The second kappa shape index (κ2) is 7.50. The minimum atomic E-state index is -1.33. The summed E-state index contributed by atoms with van der Waals surface area (Å²) in [5, 5.41) is 17.9. The molecule has 4 N–H and O–H groups in total. The maximum absolute atomic E-state index is 12.3. The Morgan fingerprint density at radius 2 is 1.97 bits per heavy atom. The van der Waals surface area contributed by atoms with Crippen molar-refractivity contribution in [2.75, 3.05) is 11.1 Å². The molecule has 2 aromatic carbocycles. The number of anilines is 2. The molecule has 0 unspecified atom stereocenters. The lowest BCUT2D eigenvalue weighted by molar-refractivity contribution is -0.124. The summed E-state index contributed by atoms with van der Waals surface area (Å²) in [5.41, 5.74) is 9.71. The Balaban J connectivity index is 1.57. The van der Waals surface area contributed by atoms with Crippen LogP contribution in [0.4, 0.5) is 11.5 Å². The standard InChI is InChI=1S/C20H17ClN6O2/c1-11-16-17(19(22)24-10-23-16)27(26-11)15-7-5-14(6-8-15)25-20(29)18(28)12-3-2-4-13(21)9-12/h2-10,18,28H,1H3,(H,25,29)(H2,22,23,24)/t18-/m1/s1. The fourth-order valence-electron chi connectivity index (χ4n) is 3.02. The third-order valence-electron chi connectivity index (χ3n) is 4.45. The van der Waals surface area contributed by atoms with Gasteiger partial charge in [0, 0.05) is 10.7 Å². The smallest absolute Gasteiger partial charge is 0.257 e. The molecule has 0 aliphatic heterocycles. The van der Waals surface area contributed by atoms with Crippen molar-refractivity contribution in [1.29, 1.82) is 0 Å². The number of aliphatic hydroxyl groups is 1. The molecule has 0 aliphatic rings. The van der Waals surface area contributed by atoms with E-state index in [2.05, 4.69) is 20.4 Å². The van der Waals surface area contributed by atoms with Crippen LogP contribution in [-0.2, 0) is 4.79 Å². The second-order valence-corrected chi connectivity index (χ2v) is 6.88. The number of hydrogen-bond acceptors (Lipinski definition) is 6. The number of nitrogens with two attached hydrogens (primary N) is 1. The van der Waals surface area contributed by atoms with Crippen LogP contribution in [0.25, 0.3) is 16.7 Å². The minimum absolute atomic E-state index is 0.331. The van der Waals surface area contributed by atoms with E-state index in [-0.39, 0.29) is 0 Å². The van der Waals surface area contributed by atoms with Crippen LogP contribution in [-0.4, -0.2) is 30.8 Å². The third kappa shape index (κ3) is 3.63. The fourth-order valence-corrected chi connectivity index (χ4v) is 3.22. The van der Waals surface area contributed by atoms with E-state index < -0.39 is 12.0 Å². The van der Waals surface area contributed by atoms with Gasteiger partial charge >= 0.3 is 0 Å². The van der Waals surface area contributed by atoms with Gasteiger partial charge in [-0.15, -0.1) is 0 Å². The summed E-state index contributed by atoms with van der Waals surface area (Å²) in [4.78, 5) is 20.6. The average molecular weight is 409 g/mol. The molecule has 146 valence electrons. The monoisotopic (exact) mass is 408 g/mol. The van der Waals surface area contributed by atoms with E-state index in [0.717, 1.165) is 11.4 Å². The number of nitrogens with one attached hydrogen (secondary N) is 1. The van der Waals surface area contributed by atoms with Crippen molar-refractivity contribution in [2.45, 2.75) is 13.0 Å². The number of carbonyl (C=O) groups excluding carboxylic acids is 1. The van der Waals surface area contributed by atoms with E-state index in [9.17, 15) is 9.90 Å². The predicted octanol–water partition coefficient (Wildman–Crippen LogP) is 3.03. The van der Waals surface area contributed by atoms with Gasteiger partial charge in [0.25, 0.3) is 5.91 Å². The molecule has 0 aliphatic carbocycles. The van der Waals surface area contributed by atoms with Gasteiger partial charge in [0.2, 0.25) is 0 Å². The molecule has 1 amide bonds. The first kappa shape index (κ1) is 18.9. The van der Waals surface area contributed by atoms with Gasteiger partial charge in [0.05, 0.1) is 11.4 Å². The number of nitrogen functional groups attached to an aromatic ring is 1. The van der Waals surface area contributed by atoms with Gasteiger partial charge in [-0.05, 0) is 48.9 Å². The summed E-state index contributed by atoms with van der Waals surface area (Å²) in [6.45, 7) is 1.84. The number of fused-ring (bicyclic) bond motifs is 1. The molecule has 0 spiro atoms. The van der Waals surface area contributed by atoms with Gasteiger partial charge in [-0.2, -0.15) is 5.10 Å². The van der Waals surface area contributed by atoms with Crippen LogP contribution < -0.4 is 11.1 Å². The third-order valence-corrected chi connectivity index (χ3v) is 4.68. The topological polar surface area (TPSA) is 119 Å². The summed E-state index contributed by atoms with van der Waals surface area (Å²) in [6.07, 6.45) is 0.0728. The summed E-state index contributed by atoms with van der Waals surface area (Å²) in [5.74, 6) is -0.226. The first-order chi connectivity index (χ1) is 13.9. The Hall–Kier alpha value is -3.49. The molecule has 0 saturated heterocycles. The highest BCUT2D eigenvalue weighted by Gasteiger charge is 2.18. The van der Waals surface area contributed by atoms with Crippen LogP contribution in [0.3, 0.4) is 0 Å². The highest BCUT2D eigenvalue weighted by Crippen LogP contribution is 2.25. The maximum Gasteiger partial charge on any atom is 0.257 e. The van der Waals surface area contributed by atoms with Crippen molar-refractivity contribution in [3.63, 3.8) is 0 Å². The van der Waals surface area contributed by atoms with Crippen LogP contribution in [0, 0.1) is 6.92 Å². The molecule has 2 aromatic heterocycles. The van der Waals surface area contributed by atoms with Crippen molar-refractivity contribution in [3.8, 4) is 5.69 Å². The highest BCUT2D eigenvalue weighted by atomic mass is 35.5. The molecule has 1 atom stereocenters. The molecule has 2 heterocycles. The number of benzene rings is 2.